The SMILES string of the molecule is NC(=O)c1cccnc1-c1ccc(-c2ccccc2)s1. The molecule has 0 spiro atoms. The Morgan fingerprint density at radius 2 is 1.70 bits per heavy atom. The minimum absolute atomic E-state index is 0.453. The lowest BCUT2D eigenvalue weighted by atomic mass is 10.1. The van der Waals surface area contributed by atoms with Gasteiger partial charge in [0.2, 0.25) is 0 Å². The number of rotatable bonds is 3. The number of benzene rings is 1. The molecule has 0 aliphatic heterocycles. The van der Waals surface area contributed by atoms with Crippen LogP contribution in [0, 0.1) is 0 Å². The molecule has 0 unspecified atom stereocenters. The monoisotopic (exact) mass is 280 g/mol. The van der Waals surface area contributed by atoms with Crippen LogP contribution >= 0.6 is 11.3 Å². The molecule has 2 heterocycles. The molecule has 0 saturated carbocycles. The topological polar surface area (TPSA) is 56.0 Å². The number of aromatic nitrogens is 1. The molecule has 0 saturated heterocycles. The van der Waals surface area contributed by atoms with Crippen molar-refractivity contribution in [2.45, 2.75) is 0 Å². The van der Waals surface area contributed by atoms with E-state index < -0.39 is 5.91 Å². The Kier molecular flexibility index (Phi) is 3.31. The van der Waals surface area contributed by atoms with Gasteiger partial charge in [-0.1, -0.05) is 30.3 Å². The van der Waals surface area contributed by atoms with E-state index in [1.165, 1.54) is 0 Å². The van der Waals surface area contributed by atoms with Gasteiger partial charge in [0.1, 0.15) is 0 Å². The number of thiophene rings is 1. The standard InChI is InChI=1S/C16H12N2OS/c17-16(19)12-7-4-10-18-15(12)14-9-8-13(20-14)11-5-2-1-3-6-11/h1-10H,(H2,17,19). The van der Waals surface area contributed by atoms with Crippen LogP contribution in [0.25, 0.3) is 21.0 Å². The van der Waals surface area contributed by atoms with Crippen molar-refractivity contribution in [2.24, 2.45) is 5.73 Å². The molecule has 3 aromatic rings. The molecule has 98 valence electrons. The first kappa shape index (κ1) is 12.6. The van der Waals surface area contributed by atoms with Crippen LogP contribution in [0.5, 0.6) is 0 Å². The van der Waals surface area contributed by atoms with Gasteiger partial charge in [-0.25, -0.2) is 0 Å². The average molecular weight is 280 g/mol. The lowest BCUT2D eigenvalue weighted by Gasteiger charge is -2.02. The Morgan fingerprint density at radius 1 is 0.950 bits per heavy atom. The lowest BCUT2D eigenvalue weighted by molar-refractivity contribution is 0.100. The van der Waals surface area contributed by atoms with Gasteiger partial charge in [0.25, 0.3) is 5.91 Å². The Balaban J connectivity index is 2.05. The van der Waals surface area contributed by atoms with Crippen molar-refractivity contribution in [3.63, 3.8) is 0 Å². The number of carbonyl (C=O) groups is 1. The highest BCUT2D eigenvalue weighted by atomic mass is 32.1. The van der Waals surface area contributed by atoms with Crippen LogP contribution in [-0.2, 0) is 0 Å². The van der Waals surface area contributed by atoms with Crippen LogP contribution in [0.1, 0.15) is 10.4 Å². The van der Waals surface area contributed by atoms with Crippen molar-refractivity contribution < 1.29 is 4.79 Å². The van der Waals surface area contributed by atoms with Crippen molar-refractivity contribution in [3.05, 3.63) is 66.4 Å². The van der Waals surface area contributed by atoms with Crippen LogP contribution in [-0.4, -0.2) is 10.9 Å². The van der Waals surface area contributed by atoms with E-state index in [1.807, 2.05) is 30.3 Å². The second kappa shape index (κ2) is 5.27. The highest BCUT2D eigenvalue weighted by Gasteiger charge is 2.13. The maximum Gasteiger partial charge on any atom is 0.250 e. The summed E-state index contributed by atoms with van der Waals surface area (Å²) in [5, 5.41) is 0. The van der Waals surface area contributed by atoms with Crippen LogP contribution < -0.4 is 5.73 Å². The summed E-state index contributed by atoms with van der Waals surface area (Å²) in [5.41, 5.74) is 7.65. The van der Waals surface area contributed by atoms with Crippen molar-refractivity contribution in [2.75, 3.05) is 0 Å². The molecule has 2 aromatic heterocycles. The minimum atomic E-state index is -0.456. The molecule has 1 amide bonds. The summed E-state index contributed by atoms with van der Waals surface area (Å²) in [6, 6.07) is 17.5. The third kappa shape index (κ3) is 2.33. The minimum Gasteiger partial charge on any atom is -0.366 e. The van der Waals surface area contributed by atoms with Crippen molar-refractivity contribution >= 4 is 17.2 Å². The molecule has 3 nitrogen and oxygen atoms in total. The molecule has 0 aliphatic rings. The fourth-order valence-corrected chi connectivity index (χ4v) is 3.05. The second-order valence-electron chi connectivity index (χ2n) is 4.29. The Morgan fingerprint density at radius 3 is 2.45 bits per heavy atom. The van der Waals surface area contributed by atoms with E-state index in [2.05, 4.69) is 17.1 Å². The summed E-state index contributed by atoms with van der Waals surface area (Å²) in [6.07, 6.45) is 1.67. The molecule has 4 heteroatoms. The van der Waals surface area contributed by atoms with Gasteiger partial charge in [-0.05, 0) is 29.8 Å². The highest BCUT2D eigenvalue weighted by Crippen LogP contribution is 2.34. The summed E-state index contributed by atoms with van der Waals surface area (Å²) in [6.45, 7) is 0. The molecular weight excluding hydrogens is 268 g/mol. The fraction of sp³-hybridized carbons (Fsp3) is 0. The third-order valence-electron chi connectivity index (χ3n) is 2.97. The quantitative estimate of drug-likeness (QED) is 0.797. The van der Waals surface area contributed by atoms with Crippen LogP contribution in [0.3, 0.4) is 0 Å². The van der Waals surface area contributed by atoms with Gasteiger partial charge in [-0.3, -0.25) is 9.78 Å². The Bertz CT molecular complexity index is 750. The van der Waals surface area contributed by atoms with E-state index in [0.717, 1.165) is 15.3 Å². The number of hydrogen-bond donors (Lipinski definition) is 1. The van der Waals surface area contributed by atoms with Crippen molar-refractivity contribution in [1.82, 2.24) is 4.98 Å². The molecule has 0 bridgehead atoms. The van der Waals surface area contributed by atoms with E-state index >= 15 is 0 Å². The van der Waals surface area contributed by atoms with Gasteiger partial charge in [0.05, 0.1) is 16.1 Å². The van der Waals surface area contributed by atoms with Gasteiger partial charge in [0, 0.05) is 11.1 Å². The molecule has 0 fully saturated rings. The first-order chi connectivity index (χ1) is 9.75. The number of carbonyl (C=O) groups excluding carboxylic acids is 1. The number of amides is 1. The number of nitrogens with two attached hydrogens (primary N) is 1. The van der Waals surface area contributed by atoms with Crippen LogP contribution in [0.4, 0.5) is 0 Å². The molecule has 1 aromatic carbocycles. The van der Waals surface area contributed by atoms with Crippen LogP contribution in [0.2, 0.25) is 0 Å². The van der Waals surface area contributed by atoms with Crippen LogP contribution in [0.15, 0.2) is 60.8 Å². The van der Waals surface area contributed by atoms with E-state index in [1.54, 1.807) is 29.7 Å². The lowest BCUT2D eigenvalue weighted by Crippen LogP contribution is -2.12. The molecule has 2 N–H and O–H groups in total. The summed E-state index contributed by atoms with van der Waals surface area (Å²) < 4.78 is 0. The molecule has 0 aliphatic carbocycles. The predicted molar refractivity (Wildman–Crippen MR) is 81.5 cm³/mol. The van der Waals surface area contributed by atoms with Gasteiger partial charge in [0.15, 0.2) is 0 Å². The maximum absolute atomic E-state index is 11.5. The predicted octanol–water partition coefficient (Wildman–Crippen LogP) is 3.58. The number of pyridine rings is 1. The Labute approximate surface area is 120 Å². The van der Waals surface area contributed by atoms with E-state index in [-0.39, 0.29) is 0 Å². The number of nitrogens with zero attached hydrogens (tertiary/aromatic N) is 1. The zero-order valence-electron chi connectivity index (χ0n) is 10.6. The highest BCUT2D eigenvalue weighted by molar-refractivity contribution is 7.18. The van der Waals surface area contributed by atoms with E-state index in [0.29, 0.717) is 11.3 Å². The zero-order chi connectivity index (χ0) is 13.9. The fourth-order valence-electron chi connectivity index (χ4n) is 2.02. The van der Waals surface area contributed by atoms with Gasteiger partial charge >= 0.3 is 0 Å². The molecular formula is C16H12N2OS. The first-order valence-corrected chi connectivity index (χ1v) is 6.98. The Hall–Kier alpha value is -2.46. The van der Waals surface area contributed by atoms with E-state index in [9.17, 15) is 4.79 Å². The summed E-state index contributed by atoms with van der Waals surface area (Å²) in [5.74, 6) is -0.456. The average Bonchev–Trinajstić information content (AvgIpc) is 2.98. The molecule has 0 radical (unpaired) electrons. The third-order valence-corrected chi connectivity index (χ3v) is 4.11. The molecule has 20 heavy (non-hydrogen) atoms. The largest absolute Gasteiger partial charge is 0.366 e. The van der Waals surface area contributed by atoms with Gasteiger partial charge < -0.3 is 5.73 Å². The molecule has 3 rings (SSSR count). The number of hydrogen-bond acceptors (Lipinski definition) is 3. The molecule has 0 atom stereocenters. The van der Waals surface area contributed by atoms with Crippen molar-refractivity contribution in [1.29, 1.82) is 0 Å². The van der Waals surface area contributed by atoms with Crippen molar-refractivity contribution in [3.8, 4) is 21.0 Å². The van der Waals surface area contributed by atoms with Gasteiger partial charge in [-0.2, -0.15) is 0 Å². The normalized spacial score (nSPS) is 10.4. The summed E-state index contributed by atoms with van der Waals surface area (Å²) >= 11 is 1.60. The summed E-state index contributed by atoms with van der Waals surface area (Å²) in [7, 11) is 0. The van der Waals surface area contributed by atoms with Gasteiger partial charge in [-0.15, -0.1) is 11.3 Å². The summed E-state index contributed by atoms with van der Waals surface area (Å²) in [4.78, 5) is 17.8. The number of primary amides is 1. The maximum atomic E-state index is 11.5. The second-order valence-corrected chi connectivity index (χ2v) is 5.38. The first-order valence-electron chi connectivity index (χ1n) is 6.16. The zero-order valence-corrected chi connectivity index (χ0v) is 11.4. The smallest absolute Gasteiger partial charge is 0.250 e. The van der Waals surface area contributed by atoms with E-state index in [4.69, 9.17) is 5.73 Å².